The van der Waals surface area contributed by atoms with Crippen molar-refractivity contribution in [1.29, 1.82) is 0 Å². The Labute approximate surface area is 69.2 Å². The van der Waals surface area contributed by atoms with E-state index < -0.39 is 0 Å². The summed E-state index contributed by atoms with van der Waals surface area (Å²) in [6, 6.07) is 0. The van der Waals surface area contributed by atoms with Gasteiger partial charge < -0.3 is 5.73 Å². The first-order valence-electron chi connectivity index (χ1n) is 4.42. The number of nitrogens with two attached hydrogens (primary N) is 1. The van der Waals surface area contributed by atoms with Crippen LogP contribution in [-0.4, -0.2) is 12.3 Å². The number of carbonyl (C=O) groups is 1. The molecule has 0 aliphatic heterocycles. The van der Waals surface area contributed by atoms with E-state index in [-0.39, 0.29) is 0 Å². The highest BCUT2D eigenvalue weighted by Gasteiger charge is 2.05. The van der Waals surface area contributed by atoms with Crippen molar-refractivity contribution in [2.75, 3.05) is 6.54 Å². The monoisotopic (exact) mass is 157 g/mol. The van der Waals surface area contributed by atoms with Crippen molar-refractivity contribution in [3.05, 3.63) is 0 Å². The molecule has 0 heterocycles. The van der Waals surface area contributed by atoms with Gasteiger partial charge in [0.15, 0.2) is 0 Å². The van der Waals surface area contributed by atoms with Crippen LogP contribution in [0.2, 0.25) is 0 Å². The molecular formula is C9H19NO. The quantitative estimate of drug-likeness (QED) is 0.638. The molecule has 1 atom stereocenters. The van der Waals surface area contributed by atoms with E-state index in [1.807, 2.05) is 6.92 Å². The molecule has 0 radical (unpaired) electrons. The topological polar surface area (TPSA) is 43.1 Å². The zero-order valence-corrected chi connectivity index (χ0v) is 7.60. The molecule has 0 saturated carbocycles. The lowest BCUT2D eigenvalue weighted by Gasteiger charge is -2.05. The molecule has 0 fully saturated rings. The van der Waals surface area contributed by atoms with Crippen LogP contribution in [0.25, 0.3) is 0 Å². The Morgan fingerprint density at radius 3 is 2.64 bits per heavy atom. The Kier molecular flexibility index (Phi) is 6.13. The number of Topliss-reactive ketones (excluding diaryl/α,β-unsaturated/α-hetero) is 1. The van der Waals surface area contributed by atoms with E-state index in [0.717, 1.165) is 19.3 Å². The van der Waals surface area contributed by atoms with Gasteiger partial charge in [0.2, 0.25) is 0 Å². The number of unbranched alkanes of at least 4 members (excludes halogenated alkanes) is 1. The molecule has 11 heavy (non-hydrogen) atoms. The molecule has 0 bridgehead atoms. The molecule has 0 saturated heterocycles. The summed E-state index contributed by atoms with van der Waals surface area (Å²) in [5.41, 5.74) is 5.40. The third-order valence-electron chi connectivity index (χ3n) is 1.79. The first kappa shape index (κ1) is 10.6. The van der Waals surface area contributed by atoms with Gasteiger partial charge in [0.25, 0.3) is 0 Å². The maximum atomic E-state index is 11.1. The van der Waals surface area contributed by atoms with Gasteiger partial charge in [-0.1, -0.05) is 20.3 Å². The summed E-state index contributed by atoms with van der Waals surface area (Å²) in [6.45, 7) is 4.74. The van der Waals surface area contributed by atoms with Crippen LogP contribution in [0.3, 0.4) is 0 Å². The predicted molar refractivity (Wildman–Crippen MR) is 47.4 cm³/mol. The normalized spacial score (nSPS) is 13.0. The lowest BCUT2D eigenvalue weighted by atomic mass is 10.0. The standard InChI is InChI=1S/C9H19NO/c1-3-4-5-9(11)6-8(2)7-10/h8H,3-7,10H2,1-2H3. The number of carbonyl (C=O) groups excluding carboxylic acids is 1. The van der Waals surface area contributed by atoms with Gasteiger partial charge in [-0.25, -0.2) is 0 Å². The zero-order chi connectivity index (χ0) is 8.69. The molecular weight excluding hydrogens is 138 g/mol. The highest BCUT2D eigenvalue weighted by Crippen LogP contribution is 2.05. The van der Waals surface area contributed by atoms with Crippen LogP contribution in [0.1, 0.15) is 39.5 Å². The predicted octanol–water partition coefficient (Wildman–Crippen LogP) is 1.73. The van der Waals surface area contributed by atoms with Gasteiger partial charge in [0, 0.05) is 12.8 Å². The molecule has 0 rings (SSSR count). The molecule has 0 aliphatic rings. The van der Waals surface area contributed by atoms with Crippen LogP contribution in [0.5, 0.6) is 0 Å². The molecule has 0 aromatic rings. The maximum absolute atomic E-state index is 11.1. The average Bonchev–Trinajstić information content (AvgIpc) is 2.00. The minimum atomic E-state index is 0.361. The van der Waals surface area contributed by atoms with E-state index in [4.69, 9.17) is 5.73 Å². The fraction of sp³-hybridized carbons (Fsp3) is 0.889. The smallest absolute Gasteiger partial charge is 0.133 e. The van der Waals surface area contributed by atoms with E-state index >= 15 is 0 Å². The van der Waals surface area contributed by atoms with Crippen LogP contribution < -0.4 is 5.73 Å². The minimum absolute atomic E-state index is 0.361. The SMILES string of the molecule is CCCCC(=O)CC(C)CN. The second-order valence-electron chi connectivity index (χ2n) is 3.19. The molecule has 0 aromatic heterocycles. The van der Waals surface area contributed by atoms with Crippen molar-refractivity contribution in [3.8, 4) is 0 Å². The fourth-order valence-electron chi connectivity index (χ4n) is 0.948. The molecule has 2 nitrogen and oxygen atoms in total. The number of rotatable bonds is 6. The Morgan fingerprint density at radius 1 is 1.55 bits per heavy atom. The first-order chi connectivity index (χ1) is 5.20. The summed E-state index contributed by atoms with van der Waals surface area (Å²) in [4.78, 5) is 11.1. The minimum Gasteiger partial charge on any atom is -0.330 e. The molecule has 2 N–H and O–H groups in total. The molecule has 0 spiro atoms. The summed E-state index contributed by atoms with van der Waals surface area (Å²) in [5.74, 6) is 0.726. The fourth-order valence-corrected chi connectivity index (χ4v) is 0.948. The van der Waals surface area contributed by atoms with Crippen LogP contribution in [0.15, 0.2) is 0 Å². The lowest BCUT2D eigenvalue weighted by Crippen LogP contribution is -2.14. The van der Waals surface area contributed by atoms with Crippen LogP contribution in [0.4, 0.5) is 0 Å². The second kappa shape index (κ2) is 6.35. The summed E-state index contributed by atoms with van der Waals surface area (Å²) in [6.07, 6.45) is 3.52. The molecule has 66 valence electrons. The van der Waals surface area contributed by atoms with E-state index in [1.165, 1.54) is 0 Å². The Hall–Kier alpha value is -0.370. The molecule has 0 amide bonds. The second-order valence-corrected chi connectivity index (χ2v) is 3.19. The molecule has 1 unspecified atom stereocenters. The Morgan fingerprint density at radius 2 is 2.18 bits per heavy atom. The third kappa shape index (κ3) is 6.05. The van der Waals surface area contributed by atoms with Crippen LogP contribution in [-0.2, 0) is 4.79 Å². The average molecular weight is 157 g/mol. The van der Waals surface area contributed by atoms with E-state index in [2.05, 4.69) is 6.92 Å². The number of ketones is 1. The summed E-state index contributed by atoms with van der Waals surface area (Å²) in [5, 5.41) is 0. The summed E-state index contributed by atoms with van der Waals surface area (Å²) in [7, 11) is 0. The Bertz CT molecular complexity index is 112. The third-order valence-corrected chi connectivity index (χ3v) is 1.79. The maximum Gasteiger partial charge on any atom is 0.133 e. The number of hydrogen-bond acceptors (Lipinski definition) is 2. The van der Waals surface area contributed by atoms with Gasteiger partial charge in [-0.15, -0.1) is 0 Å². The van der Waals surface area contributed by atoms with Gasteiger partial charge in [-0.05, 0) is 18.9 Å². The highest BCUT2D eigenvalue weighted by molar-refractivity contribution is 5.78. The zero-order valence-electron chi connectivity index (χ0n) is 7.60. The van der Waals surface area contributed by atoms with Crippen molar-refractivity contribution in [3.63, 3.8) is 0 Å². The van der Waals surface area contributed by atoms with Gasteiger partial charge in [0.1, 0.15) is 5.78 Å². The summed E-state index contributed by atoms with van der Waals surface area (Å²) < 4.78 is 0. The van der Waals surface area contributed by atoms with Crippen molar-refractivity contribution in [2.24, 2.45) is 11.7 Å². The van der Waals surface area contributed by atoms with Crippen molar-refractivity contribution >= 4 is 5.78 Å². The van der Waals surface area contributed by atoms with Gasteiger partial charge >= 0.3 is 0 Å². The van der Waals surface area contributed by atoms with E-state index in [0.29, 0.717) is 24.7 Å². The lowest BCUT2D eigenvalue weighted by molar-refractivity contribution is -0.119. The van der Waals surface area contributed by atoms with Crippen molar-refractivity contribution < 1.29 is 4.79 Å². The molecule has 0 aromatic carbocycles. The summed E-state index contributed by atoms with van der Waals surface area (Å²) >= 11 is 0. The first-order valence-corrected chi connectivity index (χ1v) is 4.42. The molecule has 0 aliphatic carbocycles. The highest BCUT2D eigenvalue weighted by atomic mass is 16.1. The van der Waals surface area contributed by atoms with Crippen LogP contribution >= 0.6 is 0 Å². The van der Waals surface area contributed by atoms with Gasteiger partial charge in [-0.2, -0.15) is 0 Å². The van der Waals surface area contributed by atoms with Crippen molar-refractivity contribution in [2.45, 2.75) is 39.5 Å². The van der Waals surface area contributed by atoms with Crippen molar-refractivity contribution in [1.82, 2.24) is 0 Å². The largest absolute Gasteiger partial charge is 0.330 e. The Balaban J connectivity index is 3.36. The van der Waals surface area contributed by atoms with Gasteiger partial charge in [0.05, 0.1) is 0 Å². The van der Waals surface area contributed by atoms with E-state index in [1.54, 1.807) is 0 Å². The van der Waals surface area contributed by atoms with Crippen LogP contribution in [0, 0.1) is 5.92 Å². The van der Waals surface area contributed by atoms with Gasteiger partial charge in [-0.3, -0.25) is 4.79 Å². The molecule has 2 heteroatoms. The number of hydrogen-bond donors (Lipinski definition) is 1. The van der Waals surface area contributed by atoms with E-state index in [9.17, 15) is 4.79 Å².